The van der Waals surface area contributed by atoms with Gasteiger partial charge in [0, 0.05) is 11.7 Å². The molecule has 3 unspecified atom stereocenters. The van der Waals surface area contributed by atoms with Gasteiger partial charge in [-0.1, -0.05) is 41.9 Å². The molecule has 140 valence electrons. The van der Waals surface area contributed by atoms with Crippen LogP contribution in [0.1, 0.15) is 19.4 Å². The number of carbonyl (C=O) groups excluding carboxylic acids is 3. The predicted molar refractivity (Wildman–Crippen MR) is 100 cm³/mol. The number of hydrazine groups is 1. The highest BCUT2D eigenvalue weighted by molar-refractivity contribution is 9.09. The first-order valence-corrected chi connectivity index (χ1v) is 9.41. The normalized spacial score (nSPS) is 25.7. The van der Waals surface area contributed by atoms with Crippen LogP contribution in [-0.4, -0.2) is 46.2 Å². The van der Waals surface area contributed by atoms with Crippen LogP contribution in [0.3, 0.4) is 0 Å². The summed E-state index contributed by atoms with van der Waals surface area (Å²) >= 11 is 3.60. The Morgan fingerprint density at radius 1 is 1.35 bits per heavy atom. The van der Waals surface area contributed by atoms with E-state index in [4.69, 9.17) is 0 Å². The summed E-state index contributed by atoms with van der Waals surface area (Å²) in [6, 6.07) is 6.49. The first-order chi connectivity index (χ1) is 12.4. The number of rotatable bonds is 5. The van der Waals surface area contributed by atoms with Crippen LogP contribution in [0, 0.1) is 5.92 Å². The molecule has 0 aromatic heterocycles. The van der Waals surface area contributed by atoms with Crippen molar-refractivity contribution in [1.29, 1.82) is 0 Å². The number of alkyl halides is 1. The molecular formula is C17H22BrN5O3. The summed E-state index contributed by atoms with van der Waals surface area (Å²) in [4.78, 5) is 37.1. The number of imide groups is 1. The molecule has 3 atom stereocenters. The Morgan fingerprint density at radius 3 is 2.73 bits per heavy atom. The van der Waals surface area contributed by atoms with E-state index in [0.717, 1.165) is 10.5 Å². The zero-order chi connectivity index (χ0) is 18.8. The minimum atomic E-state index is -0.406. The van der Waals surface area contributed by atoms with Crippen LogP contribution in [0.15, 0.2) is 24.3 Å². The number of nitrogens with one attached hydrogen (secondary N) is 4. The summed E-state index contributed by atoms with van der Waals surface area (Å²) < 4.78 is 0. The molecule has 0 spiro atoms. The lowest BCUT2D eigenvalue weighted by atomic mass is 9.99. The fourth-order valence-corrected chi connectivity index (χ4v) is 4.18. The second-order valence-electron chi connectivity index (χ2n) is 6.81. The van der Waals surface area contributed by atoms with Crippen molar-refractivity contribution in [1.82, 2.24) is 21.1 Å². The molecule has 0 saturated carbocycles. The van der Waals surface area contributed by atoms with Gasteiger partial charge in [-0.25, -0.2) is 10.2 Å². The summed E-state index contributed by atoms with van der Waals surface area (Å²) in [5.74, 6) is -0.0423. The third-order valence-electron chi connectivity index (χ3n) is 4.54. The average Bonchev–Trinajstić information content (AvgIpc) is 3.12. The van der Waals surface area contributed by atoms with Crippen LogP contribution in [0.25, 0.3) is 0 Å². The number of halogens is 1. The van der Waals surface area contributed by atoms with E-state index in [2.05, 4.69) is 51.3 Å². The second-order valence-corrected chi connectivity index (χ2v) is 7.87. The zero-order valence-electron chi connectivity index (χ0n) is 14.6. The van der Waals surface area contributed by atoms with Gasteiger partial charge < -0.3 is 10.6 Å². The fraction of sp³-hybridized carbons (Fsp3) is 0.471. The largest absolute Gasteiger partial charge is 0.329 e. The van der Waals surface area contributed by atoms with Crippen LogP contribution in [0.2, 0.25) is 0 Å². The third-order valence-corrected chi connectivity index (χ3v) is 5.64. The quantitative estimate of drug-likeness (QED) is 0.416. The van der Waals surface area contributed by atoms with Gasteiger partial charge in [-0.3, -0.25) is 19.9 Å². The molecule has 2 aliphatic heterocycles. The van der Waals surface area contributed by atoms with Crippen molar-refractivity contribution < 1.29 is 14.4 Å². The predicted octanol–water partition coefficient (Wildman–Crippen LogP) is 0.941. The maximum Gasteiger partial charge on any atom is 0.324 e. The molecule has 4 amide bonds. The highest BCUT2D eigenvalue weighted by Gasteiger charge is 2.39. The molecule has 1 aromatic carbocycles. The molecule has 0 bridgehead atoms. The van der Waals surface area contributed by atoms with Crippen molar-refractivity contribution in [3.63, 3.8) is 0 Å². The molecule has 3 rings (SSSR count). The molecule has 2 heterocycles. The van der Waals surface area contributed by atoms with E-state index in [1.165, 1.54) is 0 Å². The van der Waals surface area contributed by atoms with Crippen molar-refractivity contribution in [2.24, 2.45) is 5.92 Å². The summed E-state index contributed by atoms with van der Waals surface area (Å²) in [5, 5.41) is 5.37. The van der Waals surface area contributed by atoms with Gasteiger partial charge >= 0.3 is 6.03 Å². The number of hydrogen-bond donors (Lipinski definition) is 4. The lowest BCUT2D eigenvalue weighted by molar-refractivity contribution is -0.125. The van der Waals surface area contributed by atoms with Crippen molar-refractivity contribution >= 4 is 39.5 Å². The van der Waals surface area contributed by atoms with Gasteiger partial charge in [0.25, 0.3) is 0 Å². The van der Waals surface area contributed by atoms with Crippen molar-refractivity contribution in [3.8, 4) is 0 Å². The Kier molecular flexibility index (Phi) is 5.59. The van der Waals surface area contributed by atoms with Gasteiger partial charge in [-0.15, -0.1) is 0 Å². The minimum absolute atomic E-state index is 0.0270. The summed E-state index contributed by atoms with van der Waals surface area (Å²) in [6.07, 6.45) is 0. The average molecular weight is 424 g/mol. The highest BCUT2D eigenvalue weighted by Crippen LogP contribution is 2.23. The molecule has 1 aromatic rings. The topological polar surface area (TPSA) is 103 Å². The van der Waals surface area contributed by atoms with Crippen molar-refractivity contribution in [2.45, 2.75) is 37.3 Å². The molecule has 2 fully saturated rings. The molecule has 26 heavy (non-hydrogen) atoms. The number of benzene rings is 1. The van der Waals surface area contributed by atoms with Crippen LogP contribution in [0.4, 0.5) is 10.5 Å². The number of anilines is 1. The van der Waals surface area contributed by atoms with Gasteiger partial charge in [0.05, 0.1) is 17.9 Å². The maximum absolute atomic E-state index is 12.6. The Bertz CT molecular complexity index is 710. The summed E-state index contributed by atoms with van der Waals surface area (Å²) in [7, 11) is 0. The lowest BCUT2D eigenvalue weighted by Gasteiger charge is -2.19. The molecule has 9 heteroatoms. The first kappa shape index (κ1) is 18.8. The van der Waals surface area contributed by atoms with E-state index < -0.39 is 12.1 Å². The van der Waals surface area contributed by atoms with Gasteiger partial charge in [0.15, 0.2) is 0 Å². The number of nitrogens with zero attached hydrogens (tertiary/aromatic N) is 1. The van der Waals surface area contributed by atoms with Crippen LogP contribution in [0.5, 0.6) is 0 Å². The van der Waals surface area contributed by atoms with Gasteiger partial charge in [0.1, 0.15) is 6.04 Å². The van der Waals surface area contributed by atoms with Crippen molar-refractivity contribution in [2.75, 3.05) is 11.9 Å². The maximum atomic E-state index is 12.6. The standard InChI is InChI=1S/C17H22BrN5O3/c1-9(2)14-13(18)15(22-21-14)16(25)20-11-5-3-4-10(6-11)8-23-12(24)7-19-17(23)26/h3-6,9,13-15,21-22H,7-8H2,1-2H3,(H,19,26)(H,20,25). The van der Waals surface area contributed by atoms with Crippen molar-refractivity contribution in [3.05, 3.63) is 29.8 Å². The van der Waals surface area contributed by atoms with Gasteiger partial charge in [-0.2, -0.15) is 0 Å². The monoisotopic (exact) mass is 423 g/mol. The molecule has 8 nitrogen and oxygen atoms in total. The van der Waals surface area contributed by atoms with Gasteiger partial charge in [0.2, 0.25) is 11.8 Å². The number of amides is 4. The SMILES string of the molecule is CC(C)C1NNC(C(=O)Nc2cccc(CN3C(=O)CNC3=O)c2)C1Br. The summed E-state index contributed by atoms with van der Waals surface area (Å²) in [5.41, 5.74) is 7.56. The number of hydrogen-bond acceptors (Lipinski definition) is 5. The highest BCUT2D eigenvalue weighted by atomic mass is 79.9. The van der Waals surface area contributed by atoms with Gasteiger partial charge in [-0.05, 0) is 23.6 Å². The van der Waals surface area contributed by atoms with E-state index in [1.54, 1.807) is 18.2 Å². The van der Waals surface area contributed by atoms with Crippen LogP contribution in [-0.2, 0) is 16.1 Å². The molecular weight excluding hydrogens is 402 g/mol. The first-order valence-electron chi connectivity index (χ1n) is 8.50. The number of urea groups is 1. The Balaban J connectivity index is 1.64. The number of carbonyl (C=O) groups is 3. The van der Waals surface area contributed by atoms with E-state index in [1.807, 2.05) is 6.07 Å². The van der Waals surface area contributed by atoms with E-state index in [-0.39, 0.29) is 35.8 Å². The molecule has 4 N–H and O–H groups in total. The van der Waals surface area contributed by atoms with Crippen LogP contribution >= 0.6 is 15.9 Å². The lowest BCUT2D eigenvalue weighted by Crippen LogP contribution is -2.42. The summed E-state index contributed by atoms with van der Waals surface area (Å²) in [6.45, 7) is 4.38. The fourth-order valence-electron chi connectivity index (χ4n) is 3.06. The second kappa shape index (κ2) is 7.73. The van der Waals surface area contributed by atoms with Crippen LogP contribution < -0.4 is 21.5 Å². The third kappa shape index (κ3) is 3.89. The molecule has 0 radical (unpaired) electrons. The Hall–Kier alpha value is -1.97. The van der Waals surface area contributed by atoms with E-state index in [9.17, 15) is 14.4 Å². The smallest absolute Gasteiger partial charge is 0.324 e. The minimum Gasteiger partial charge on any atom is -0.329 e. The molecule has 0 aliphatic carbocycles. The Labute approximate surface area is 160 Å². The Morgan fingerprint density at radius 2 is 2.12 bits per heavy atom. The molecule has 2 saturated heterocycles. The van der Waals surface area contributed by atoms with E-state index in [0.29, 0.717) is 11.6 Å². The molecule has 2 aliphatic rings. The van der Waals surface area contributed by atoms with E-state index >= 15 is 0 Å². The zero-order valence-corrected chi connectivity index (χ0v) is 16.2.